The number of amides is 1. The first-order chi connectivity index (χ1) is 8.70. The van der Waals surface area contributed by atoms with Crippen LogP contribution in [-0.2, 0) is 0 Å². The fraction of sp³-hybridized carbons (Fsp3) is 0.538. The van der Waals surface area contributed by atoms with Gasteiger partial charge in [0.1, 0.15) is 5.82 Å². The Kier molecular flexibility index (Phi) is 4.15. The normalized spacial score (nSPS) is 18.8. The number of nitrogens with two attached hydrogens (primary N) is 1. The lowest BCUT2D eigenvalue weighted by atomic mass is 10.2. The van der Waals surface area contributed by atoms with E-state index in [1.54, 1.807) is 18.3 Å². The molecule has 0 aliphatic carbocycles. The van der Waals surface area contributed by atoms with Gasteiger partial charge in [0, 0.05) is 30.9 Å². The van der Waals surface area contributed by atoms with E-state index in [2.05, 4.69) is 22.1 Å². The van der Waals surface area contributed by atoms with E-state index in [0.717, 1.165) is 25.5 Å². The predicted molar refractivity (Wildman–Crippen MR) is 71.7 cm³/mol. The maximum Gasteiger partial charge on any atom is 0.248 e. The van der Waals surface area contributed by atoms with Gasteiger partial charge in [0.2, 0.25) is 5.91 Å². The Morgan fingerprint density at radius 2 is 2.50 bits per heavy atom. The van der Waals surface area contributed by atoms with Gasteiger partial charge in [0.15, 0.2) is 0 Å². The summed E-state index contributed by atoms with van der Waals surface area (Å²) in [6.07, 6.45) is 4.07. The van der Waals surface area contributed by atoms with E-state index in [9.17, 15) is 4.79 Å². The summed E-state index contributed by atoms with van der Waals surface area (Å²) in [7, 11) is 0. The summed E-state index contributed by atoms with van der Waals surface area (Å²) in [5, 5.41) is 3.47. The summed E-state index contributed by atoms with van der Waals surface area (Å²) in [5.74, 6) is 0.413. The molecule has 18 heavy (non-hydrogen) atoms. The van der Waals surface area contributed by atoms with Gasteiger partial charge in [0.25, 0.3) is 0 Å². The van der Waals surface area contributed by atoms with Crippen molar-refractivity contribution in [3.63, 3.8) is 0 Å². The Balaban J connectivity index is 2.10. The van der Waals surface area contributed by atoms with Crippen LogP contribution in [0.5, 0.6) is 0 Å². The van der Waals surface area contributed by atoms with Crippen molar-refractivity contribution >= 4 is 11.7 Å². The van der Waals surface area contributed by atoms with Gasteiger partial charge >= 0.3 is 0 Å². The zero-order valence-electron chi connectivity index (χ0n) is 10.7. The summed E-state index contributed by atoms with van der Waals surface area (Å²) >= 11 is 0. The van der Waals surface area contributed by atoms with Crippen LogP contribution in [0.15, 0.2) is 18.3 Å². The van der Waals surface area contributed by atoms with Crippen LogP contribution < -0.4 is 16.0 Å². The second kappa shape index (κ2) is 5.82. The van der Waals surface area contributed by atoms with Crippen LogP contribution in [0.3, 0.4) is 0 Å². The molecule has 1 aliphatic heterocycles. The van der Waals surface area contributed by atoms with E-state index in [0.29, 0.717) is 11.6 Å². The Morgan fingerprint density at radius 3 is 3.11 bits per heavy atom. The van der Waals surface area contributed by atoms with Gasteiger partial charge in [-0.3, -0.25) is 4.79 Å². The van der Waals surface area contributed by atoms with Crippen LogP contribution in [0.1, 0.15) is 30.1 Å². The maximum absolute atomic E-state index is 11.2. The molecule has 1 aromatic rings. The van der Waals surface area contributed by atoms with Gasteiger partial charge in [-0.25, -0.2) is 4.98 Å². The number of primary amides is 1. The Labute approximate surface area is 107 Å². The molecule has 2 heterocycles. The topological polar surface area (TPSA) is 71.2 Å². The number of carbonyl (C=O) groups is 1. The number of likely N-dealkylation sites (N-methyl/N-ethyl adjacent to an activating group) is 1. The summed E-state index contributed by atoms with van der Waals surface area (Å²) in [6, 6.07) is 3.93. The number of pyridine rings is 1. The molecule has 1 amide bonds. The van der Waals surface area contributed by atoms with Crippen molar-refractivity contribution in [2.24, 2.45) is 5.73 Å². The molecular formula is C13H20N4O. The number of nitrogens with one attached hydrogen (secondary N) is 1. The minimum absolute atomic E-state index is 0.409. The molecule has 5 nitrogen and oxygen atoms in total. The van der Waals surface area contributed by atoms with Crippen molar-refractivity contribution in [1.29, 1.82) is 0 Å². The standard InChI is InChI=1S/C13H20N4O/c1-2-17(9-11-4-3-6-15-11)12-8-10(13(14)18)5-7-16-12/h5,7-8,11,15H,2-4,6,9H2,1H3,(H2,14,18). The highest BCUT2D eigenvalue weighted by Gasteiger charge is 2.18. The molecule has 1 fully saturated rings. The zero-order chi connectivity index (χ0) is 13.0. The Morgan fingerprint density at radius 1 is 1.67 bits per heavy atom. The first-order valence-corrected chi connectivity index (χ1v) is 6.45. The van der Waals surface area contributed by atoms with Gasteiger partial charge in [-0.15, -0.1) is 0 Å². The molecule has 98 valence electrons. The van der Waals surface area contributed by atoms with E-state index in [-0.39, 0.29) is 0 Å². The number of rotatable bonds is 5. The summed E-state index contributed by atoms with van der Waals surface area (Å²) in [6.45, 7) is 4.98. The highest BCUT2D eigenvalue weighted by molar-refractivity contribution is 5.93. The molecule has 1 aliphatic rings. The first kappa shape index (κ1) is 12.8. The highest BCUT2D eigenvalue weighted by Crippen LogP contribution is 2.15. The van der Waals surface area contributed by atoms with Gasteiger partial charge in [0.05, 0.1) is 0 Å². The van der Waals surface area contributed by atoms with Crippen LogP contribution >= 0.6 is 0 Å². The molecule has 0 spiro atoms. The van der Waals surface area contributed by atoms with E-state index in [1.165, 1.54) is 12.8 Å². The largest absolute Gasteiger partial charge is 0.366 e. The number of carbonyl (C=O) groups excluding carboxylic acids is 1. The molecule has 1 saturated heterocycles. The van der Waals surface area contributed by atoms with Crippen LogP contribution in [0, 0.1) is 0 Å². The Bertz CT molecular complexity index is 415. The SMILES string of the molecule is CCN(CC1CCCN1)c1cc(C(N)=O)ccn1. The van der Waals surface area contributed by atoms with Crippen LogP contribution in [0.2, 0.25) is 0 Å². The van der Waals surface area contributed by atoms with Crippen LogP contribution in [0.4, 0.5) is 5.82 Å². The lowest BCUT2D eigenvalue weighted by molar-refractivity contribution is 0.1000. The minimum Gasteiger partial charge on any atom is -0.366 e. The fourth-order valence-corrected chi connectivity index (χ4v) is 2.31. The molecule has 0 radical (unpaired) electrons. The highest BCUT2D eigenvalue weighted by atomic mass is 16.1. The first-order valence-electron chi connectivity index (χ1n) is 6.45. The second-order valence-corrected chi connectivity index (χ2v) is 4.60. The molecule has 0 bridgehead atoms. The molecule has 0 aromatic carbocycles. The lowest BCUT2D eigenvalue weighted by Crippen LogP contribution is -2.38. The van der Waals surface area contributed by atoms with Crippen LogP contribution in [-0.4, -0.2) is 36.6 Å². The average Bonchev–Trinajstić information content (AvgIpc) is 2.89. The molecule has 2 rings (SSSR count). The lowest BCUT2D eigenvalue weighted by Gasteiger charge is -2.25. The summed E-state index contributed by atoms with van der Waals surface area (Å²) < 4.78 is 0. The number of hydrogen-bond donors (Lipinski definition) is 2. The molecule has 1 unspecified atom stereocenters. The van der Waals surface area contributed by atoms with Gasteiger partial charge in [-0.05, 0) is 38.4 Å². The molecule has 3 N–H and O–H groups in total. The number of hydrogen-bond acceptors (Lipinski definition) is 4. The smallest absolute Gasteiger partial charge is 0.248 e. The third-order valence-electron chi connectivity index (χ3n) is 3.34. The molecular weight excluding hydrogens is 228 g/mol. The number of anilines is 1. The molecule has 1 atom stereocenters. The van der Waals surface area contributed by atoms with Crippen molar-refractivity contribution in [3.05, 3.63) is 23.9 Å². The van der Waals surface area contributed by atoms with E-state index in [4.69, 9.17) is 5.73 Å². The van der Waals surface area contributed by atoms with Crippen molar-refractivity contribution in [2.75, 3.05) is 24.5 Å². The van der Waals surface area contributed by atoms with Gasteiger partial charge < -0.3 is 16.0 Å². The van der Waals surface area contributed by atoms with E-state index in [1.807, 2.05) is 0 Å². The van der Waals surface area contributed by atoms with Gasteiger partial charge in [-0.1, -0.05) is 0 Å². The predicted octanol–water partition coefficient (Wildman–Crippen LogP) is 0.759. The number of nitrogens with zero attached hydrogens (tertiary/aromatic N) is 2. The third kappa shape index (κ3) is 2.98. The molecule has 0 saturated carbocycles. The number of aromatic nitrogens is 1. The molecule has 1 aromatic heterocycles. The fourth-order valence-electron chi connectivity index (χ4n) is 2.31. The maximum atomic E-state index is 11.2. The molecule has 5 heteroatoms. The van der Waals surface area contributed by atoms with Crippen molar-refractivity contribution in [3.8, 4) is 0 Å². The van der Waals surface area contributed by atoms with E-state index >= 15 is 0 Å². The summed E-state index contributed by atoms with van der Waals surface area (Å²) in [4.78, 5) is 17.7. The van der Waals surface area contributed by atoms with Gasteiger partial charge in [-0.2, -0.15) is 0 Å². The minimum atomic E-state index is -0.409. The third-order valence-corrected chi connectivity index (χ3v) is 3.34. The average molecular weight is 248 g/mol. The van der Waals surface area contributed by atoms with Crippen LogP contribution in [0.25, 0.3) is 0 Å². The Hall–Kier alpha value is -1.62. The summed E-state index contributed by atoms with van der Waals surface area (Å²) in [5.41, 5.74) is 5.80. The second-order valence-electron chi connectivity index (χ2n) is 4.60. The quantitative estimate of drug-likeness (QED) is 0.807. The van der Waals surface area contributed by atoms with E-state index < -0.39 is 5.91 Å². The van der Waals surface area contributed by atoms with Crippen molar-refractivity contribution < 1.29 is 4.79 Å². The zero-order valence-corrected chi connectivity index (χ0v) is 10.7. The van der Waals surface area contributed by atoms with Crippen molar-refractivity contribution in [1.82, 2.24) is 10.3 Å². The monoisotopic (exact) mass is 248 g/mol. The van der Waals surface area contributed by atoms with Crippen molar-refractivity contribution in [2.45, 2.75) is 25.8 Å².